The molecule has 0 atom stereocenters. The van der Waals surface area contributed by atoms with Crippen molar-refractivity contribution in [3.8, 4) is 28.5 Å². The monoisotopic (exact) mass is 474 g/mol. The number of pyridine rings is 3. The van der Waals surface area contributed by atoms with Gasteiger partial charge in [0.1, 0.15) is 17.1 Å². The lowest BCUT2D eigenvalue weighted by atomic mass is 10.2. The molecule has 1 aliphatic carbocycles. The number of imidazole rings is 1. The number of anilines is 1. The normalized spacial score (nSPS) is 14.4. The van der Waals surface area contributed by atoms with Crippen LogP contribution in [0, 0.1) is 0 Å². The zero-order valence-corrected chi connectivity index (χ0v) is 21.2. The highest BCUT2D eigenvalue weighted by atomic mass is 28.4. The van der Waals surface area contributed by atoms with E-state index in [0.717, 1.165) is 35.5 Å². The van der Waals surface area contributed by atoms with Crippen molar-refractivity contribution in [2.24, 2.45) is 0 Å². The average molecular weight is 475 g/mol. The Labute approximate surface area is 200 Å². The fraction of sp³-hybridized carbons (Fsp3) is 0.360. The van der Waals surface area contributed by atoms with Gasteiger partial charge in [0.05, 0.1) is 29.3 Å². The van der Waals surface area contributed by atoms with Crippen LogP contribution in [-0.2, 0) is 0 Å². The van der Waals surface area contributed by atoms with E-state index in [-0.39, 0.29) is 5.04 Å². The van der Waals surface area contributed by atoms with Crippen LogP contribution in [0.25, 0.3) is 33.9 Å². The van der Waals surface area contributed by atoms with E-state index in [2.05, 4.69) is 43.8 Å². The zero-order chi connectivity index (χ0) is 24.1. The van der Waals surface area contributed by atoms with Crippen molar-refractivity contribution < 1.29 is 9.26 Å². The van der Waals surface area contributed by atoms with Gasteiger partial charge >= 0.3 is 0 Å². The van der Waals surface area contributed by atoms with Crippen LogP contribution in [0.2, 0.25) is 18.1 Å². The number of nitrogen functional groups attached to an aromatic ring is 1. The van der Waals surface area contributed by atoms with Crippen LogP contribution in [0.5, 0.6) is 5.75 Å². The summed E-state index contributed by atoms with van der Waals surface area (Å²) in [6.45, 7) is 11.0. The van der Waals surface area contributed by atoms with Crippen LogP contribution in [0.15, 0.2) is 48.8 Å². The van der Waals surface area contributed by atoms with Gasteiger partial charge in [-0.05, 0) is 67.4 Å². The molecule has 0 spiro atoms. The van der Waals surface area contributed by atoms with Crippen molar-refractivity contribution in [1.29, 1.82) is 0 Å². The minimum absolute atomic E-state index is 0.0160. The Kier molecular flexibility index (Phi) is 5.31. The molecule has 4 aromatic heterocycles. The average Bonchev–Trinajstić information content (AvgIpc) is 3.54. The summed E-state index contributed by atoms with van der Waals surface area (Å²) in [7, 11) is -2.23. The van der Waals surface area contributed by atoms with Crippen molar-refractivity contribution >= 4 is 25.3 Å². The third-order valence-electron chi connectivity index (χ3n) is 6.50. The number of ether oxygens (including phenoxy) is 1. The molecule has 8 nitrogen and oxygen atoms in total. The molecule has 0 bridgehead atoms. The molecule has 0 amide bonds. The number of nitrogens with zero attached hydrogens (tertiary/aromatic N) is 5. The van der Waals surface area contributed by atoms with Crippen LogP contribution >= 0.6 is 0 Å². The Balaban J connectivity index is 1.62. The molecule has 0 aliphatic heterocycles. The van der Waals surface area contributed by atoms with Gasteiger partial charge in [-0.25, -0.2) is 15.0 Å². The first-order valence-electron chi connectivity index (χ1n) is 11.6. The predicted molar refractivity (Wildman–Crippen MR) is 136 cm³/mol. The highest BCUT2D eigenvalue weighted by Gasteiger charge is 2.41. The van der Waals surface area contributed by atoms with Crippen molar-refractivity contribution in [2.45, 2.75) is 57.8 Å². The number of fused-ring (bicyclic) bond motifs is 1. The first-order valence-corrected chi connectivity index (χ1v) is 14.5. The van der Waals surface area contributed by atoms with Gasteiger partial charge in [-0.15, -0.1) is 0 Å². The van der Waals surface area contributed by atoms with E-state index in [1.54, 1.807) is 17.1 Å². The first kappa shape index (κ1) is 22.3. The van der Waals surface area contributed by atoms with E-state index in [1.165, 1.54) is 0 Å². The van der Waals surface area contributed by atoms with E-state index >= 15 is 0 Å². The van der Waals surface area contributed by atoms with Crippen LogP contribution in [0.4, 0.5) is 5.82 Å². The van der Waals surface area contributed by atoms with Crippen LogP contribution in [0.1, 0.15) is 33.6 Å². The van der Waals surface area contributed by atoms with Crippen molar-refractivity contribution in [1.82, 2.24) is 24.7 Å². The Morgan fingerprint density at radius 2 is 1.76 bits per heavy atom. The second-order valence-electron chi connectivity index (χ2n) is 10.3. The Bertz CT molecular complexity index is 1340. The minimum atomic E-state index is -2.23. The molecule has 0 radical (unpaired) electrons. The van der Waals surface area contributed by atoms with E-state index < -0.39 is 8.32 Å². The molecule has 4 heterocycles. The van der Waals surface area contributed by atoms with E-state index in [9.17, 15) is 0 Å². The van der Waals surface area contributed by atoms with Crippen LogP contribution in [0.3, 0.4) is 0 Å². The lowest BCUT2D eigenvalue weighted by molar-refractivity contribution is 0.264. The van der Waals surface area contributed by atoms with Gasteiger partial charge in [-0.2, -0.15) is 4.73 Å². The van der Waals surface area contributed by atoms with Crippen molar-refractivity contribution in [3.05, 3.63) is 48.8 Å². The van der Waals surface area contributed by atoms with Crippen molar-refractivity contribution in [3.63, 3.8) is 0 Å². The standard InChI is InChI=1S/C25H30N6O2Si/c1-25(2,3)34(4,5)33-31-23(18-7-6-14-27-22(18)26)30-21-13-12-20(29-24(21)31)19-11-10-17(15-28-19)32-16-8-9-16/h6-7,10-16H,8-9H2,1-5H3,(H2,26,27). The second kappa shape index (κ2) is 8.09. The number of aromatic nitrogens is 5. The molecule has 5 rings (SSSR count). The maximum absolute atomic E-state index is 6.73. The van der Waals surface area contributed by atoms with Gasteiger partial charge in [0.25, 0.3) is 8.32 Å². The minimum Gasteiger partial charge on any atom is -0.489 e. The predicted octanol–water partition coefficient (Wildman–Crippen LogP) is 5.11. The van der Waals surface area contributed by atoms with E-state index in [1.807, 2.05) is 36.4 Å². The van der Waals surface area contributed by atoms with E-state index in [0.29, 0.717) is 29.0 Å². The smallest absolute Gasteiger partial charge is 0.284 e. The zero-order valence-electron chi connectivity index (χ0n) is 20.2. The maximum atomic E-state index is 6.73. The summed E-state index contributed by atoms with van der Waals surface area (Å²) in [4.78, 5) is 18.6. The molecule has 0 unspecified atom stereocenters. The molecule has 176 valence electrons. The molecule has 34 heavy (non-hydrogen) atoms. The summed E-state index contributed by atoms with van der Waals surface area (Å²) in [6, 6.07) is 11.5. The summed E-state index contributed by atoms with van der Waals surface area (Å²) in [5.74, 6) is 1.77. The highest BCUT2D eigenvalue weighted by molar-refractivity contribution is 6.74. The maximum Gasteiger partial charge on any atom is 0.284 e. The largest absolute Gasteiger partial charge is 0.489 e. The van der Waals surface area contributed by atoms with Crippen LogP contribution < -0.4 is 15.0 Å². The Morgan fingerprint density at radius 1 is 1.00 bits per heavy atom. The van der Waals surface area contributed by atoms with Gasteiger partial charge in [0, 0.05) is 6.20 Å². The Morgan fingerprint density at radius 3 is 2.41 bits per heavy atom. The van der Waals surface area contributed by atoms with Gasteiger partial charge in [0.15, 0.2) is 11.5 Å². The first-order chi connectivity index (χ1) is 16.1. The molecule has 1 saturated carbocycles. The summed E-state index contributed by atoms with van der Waals surface area (Å²) in [5.41, 5.74) is 9.76. The topological polar surface area (TPSA) is 101 Å². The summed E-state index contributed by atoms with van der Waals surface area (Å²) in [6.07, 6.45) is 5.98. The third kappa shape index (κ3) is 4.23. The lowest BCUT2D eigenvalue weighted by Gasteiger charge is -2.36. The summed E-state index contributed by atoms with van der Waals surface area (Å²) in [5, 5.41) is -0.0160. The molecule has 0 saturated heterocycles. The molecular weight excluding hydrogens is 444 g/mol. The molecule has 4 aromatic rings. The second-order valence-corrected chi connectivity index (χ2v) is 15.0. The number of hydrogen-bond acceptors (Lipinski definition) is 7. The molecule has 2 N–H and O–H groups in total. The van der Waals surface area contributed by atoms with Crippen molar-refractivity contribution in [2.75, 3.05) is 5.73 Å². The fourth-order valence-electron chi connectivity index (χ4n) is 3.29. The molecule has 1 aliphatic rings. The van der Waals surface area contributed by atoms with Gasteiger partial charge in [-0.1, -0.05) is 20.8 Å². The van der Waals surface area contributed by atoms with Crippen LogP contribution in [-0.4, -0.2) is 39.1 Å². The molecular formula is C25H30N6O2Si. The SMILES string of the molecule is CC(C)(C)[Si](C)(C)On1c(-c2cccnc2N)nc2ccc(-c3ccc(OC4CC4)cn3)nc21. The number of hydrogen-bond donors (Lipinski definition) is 1. The number of rotatable bonds is 6. The van der Waals surface area contributed by atoms with Gasteiger partial charge in [0.2, 0.25) is 0 Å². The molecule has 0 aromatic carbocycles. The Hall–Kier alpha value is -3.46. The summed E-state index contributed by atoms with van der Waals surface area (Å²) >= 11 is 0. The van der Waals surface area contributed by atoms with Gasteiger partial charge in [-0.3, -0.25) is 4.98 Å². The lowest BCUT2D eigenvalue weighted by Crippen LogP contribution is -2.48. The number of nitrogens with two attached hydrogens (primary N) is 1. The fourth-order valence-corrected chi connectivity index (χ4v) is 4.19. The molecule has 9 heteroatoms. The van der Waals surface area contributed by atoms with E-state index in [4.69, 9.17) is 25.0 Å². The highest BCUT2D eigenvalue weighted by Crippen LogP contribution is 2.37. The third-order valence-corrected chi connectivity index (χ3v) is 10.7. The van der Waals surface area contributed by atoms with Gasteiger partial charge < -0.3 is 15.0 Å². The molecule has 1 fully saturated rings. The summed E-state index contributed by atoms with van der Waals surface area (Å²) < 4.78 is 14.3. The quantitative estimate of drug-likeness (QED) is 0.387.